The van der Waals surface area contributed by atoms with Crippen molar-refractivity contribution in [2.45, 2.75) is 11.4 Å². The zero-order valence-electron chi connectivity index (χ0n) is 14.9. The number of aromatic amines is 1. The molecule has 148 valence electrons. The Bertz CT molecular complexity index is 1200. The van der Waals surface area contributed by atoms with Crippen molar-refractivity contribution < 1.29 is 12.8 Å². The van der Waals surface area contributed by atoms with Crippen LogP contribution in [0.15, 0.2) is 55.4 Å². The summed E-state index contributed by atoms with van der Waals surface area (Å²) < 4.78 is 33.5. The van der Waals surface area contributed by atoms with Crippen molar-refractivity contribution in [3.8, 4) is 0 Å². The van der Waals surface area contributed by atoms with Crippen LogP contribution in [0.4, 0.5) is 0 Å². The Morgan fingerprint density at radius 2 is 1.86 bits per heavy atom. The van der Waals surface area contributed by atoms with Crippen LogP contribution >= 0.6 is 0 Å². The molecule has 11 heteroatoms. The van der Waals surface area contributed by atoms with Crippen LogP contribution in [0.3, 0.4) is 0 Å². The zero-order chi connectivity index (χ0) is 19.7. The largest absolute Gasteiger partial charge is 0.417 e. The highest BCUT2D eigenvalue weighted by Gasteiger charge is 2.29. The van der Waals surface area contributed by atoms with Gasteiger partial charge in [0, 0.05) is 51.1 Å². The topological polar surface area (TPSA) is 122 Å². The lowest BCUT2D eigenvalue weighted by atomic mass is 10.3. The maximum Gasteiger partial charge on any atom is 0.417 e. The summed E-state index contributed by atoms with van der Waals surface area (Å²) >= 11 is 0. The predicted octanol–water partition coefficient (Wildman–Crippen LogP) is -0.316. The van der Waals surface area contributed by atoms with Crippen molar-refractivity contribution in [3.63, 3.8) is 0 Å². The monoisotopic (exact) mass is 405 g/mol. The Morgan fingerprint density at radius 3 is 2.61 bits per heavy atom. The molecule has 1 saturated heterocycles. The van der Waals surface area contributed by atoms with E-state index >= 15 is 0 Å². The van der Waals surface area contributed by atoms with E-state index in [0.717, 1.165) is 0 Å². The molecule has 3 heterocycles. The van der Waals surface area contributed by atoms with Crippen LogP contribution in [0.1, 0.15) is 0 Å². The van der Waals surface area contributed by atoms with Gasteiger partial charge < -0.3 is 4.42 Å². The van der Waals surface area contributed by atoms with Gasteiger partial charge in [0.2, 0.25) is 10.0 Å². The van der Waals surface area contributed by atoms with Crippen molar-refractivity contribution in [2.24, 2.45) is 0 Å². The zero-order valence-corrected chi connectivity index (χ0v) is 15.8. The van der Waals surface area contributed by atoms with E-state index < -0.39 is 15.8 Å². The van der Waals surface area contributed by atoms with Crippen molar-refractivity contribution >= 4 is 21.1 Å². The van der Waals surface area contributed by atoms with Gasteiger partial charge in [0.1, 0.15) is 0 Å². The third-order valence-corrected chi connectivity index (χ3v) is 6.67. The highest BCUT2D eigenvalue weighted by Crippen LogP contribution is 2.21. The molecule has 0 atom stereocenters. The maximum absolute atomic E-state index is 12.9. The third-order valence-electron chi connectivity index (χ3n) is 4.77. The summed E-state index contributed by atoms with van der Waals surface area (Å²) in [5, 5.41) is 4.02. The number of benzene rings is 1. The van der Waals surface area contributed by atoms with Crippen molar-refractivity contribution in [1.29, 1.82) is 0 Å². The first-order valence-electron chi connectivity index (χ1n) is 8.81. The molecular weight excluding hydrogens is 386 g/mol. The molecule has 0 spiro atoms. The molecule has 0 bridgehead atoms. The lowest BCUT2D eigenvalue weighted by molar-refractivity contribution is 0.180. The van der Waals surface area contributed by atoms with Crippen molar-refractivity contribution in [1.82, 2.24) is 24.0 Å². The van der Waals surface area contributed by atoms with Crippen molar-refractivity contribution in [3.05, 3.63) is 57.4 Å². The van der Waals surface area contributed by atoms with Crippen molar-refractivity contribution in [2.75, 3.05) is 32.7 Å². The lowest BCUT2D eigenvalue weighted by Gasteiger charge is -2.33. The number of hydrogen-bond acceptors (Lipinski definition) is 7. The molecule has 0 unspecified atom stereocenters. The Kier molecular flexibility index (Phi) is 4.87. The summed E-state index contributed by atoms with van der Waals surface area (Å²) in [6.45, 7) is 2.87. The summed E-state index contributed by atoms with van der Waals surface area (Å²) in [6.07, 6.45) is 1.56. The predicted molar refractivity (Wildman–Crippen MR) is 101 cm³/mol. The Labute approximate surface area is 160 Å². The summed E-state index contributed by atoms with van der Waals surface area (Å²) in [5.41, 5.74) is 0.513. The molecule has 0 saturated carbocycles. The quantitative estimate of drug-likeness (QED) is 0.618. The minimum absolute atomic E-state index is 0.0937. The van der Waals surface area contributed by atoms with Crippen LogP contribution < -0.4 is 11.3 Å². The first-order valence-corrected chi connectivity index (χ1v) is 10.2. The molecule has 28 heavy (non-hydrogen) atoms. The second-order valence-electron chi connectivity index (χ2n) is 6.50. The summed E-state index contributed by atoms with van der Waals surface area (Å²) in [6, 6.07) is 7.40. The highest BCUT2D eigenvalue weighted by atomic mass is 32.2. The summed E-state index contributed by atoms with van der Waals surface area (Å²) in [4.78, 5) is 27.6. The van der Waals surface area contributed by atoms with Crippen LogP contribution in [-0.2, 0) is 16.6 Å². The van der Waals surface area contributed by atoms with Crippen LogP contribution in [-0.4, -0.2) is 65.1 Å². The number of H-pyrrole nitrogens is 1. The number of hydrogen-bond donors (Lipinski definition) is 1. The van der Waals surface area contributed by atoms with Crippen LogP contribution in [0.5, 0.6) is 0 Å². The molecule has 4 rings (SSSR count). The number of sulfonamides is 1. The first kappa shape index (κ1) is 18.6. The van der Waals surface area contributed by atoms with Gasteiger partial charge in [0.15, 0.2) is 5.58 Å². The van der Waals surface area contributed by atoms with Gasteiger partial charge in [0.25, 0.3) is 5.56 Å². The SMILES string of the molecule is O=c1[nH]c2ccc(S(=O)(=O)N3CCN(CCn4ncccc4=O)CC3)cc2o1. The minimum atomic E-state index is -3.68. The van der Waals surface area contributed by atoms with Gasteiger partial charge in [-0.2, -0.15) is 9.40 Å². The lowest BCUT2D eigenvalue weighted by Crippen LogP contribution is -2.49. The molecule has 2 aromatic heterocycles. The fourth-order valence-electron chi connectivity index (χ4n) is 3.22. The molecule has 10 nitrogen and oxygen atoms in total. The van der Waals surface area contributed by atoms with E-state index in [4.69, 9.17) is 4.42 Å². The maximum atomic E-state index is 12.9. The normalized spacial score (nSPS) is 16.6. The molecule has 0 aliphatic carbocycles. The molecule has 1 aromatic carbocycles. The second-order valence-corrected chi connectivity index (χ2v) is 8.44. The number of nitrogens with zero attached hydrogens (tertiary/aromatic N) is 4. The van der Waals surface area contributed by atoms with E-state index in [2.05, 4.69) is 15.0 Å². The molecule has 1 aliphatic rings. The van der Waals surface area contributed by atoms with Crippen LogP contribution in [0.25, 0.3) is 11.1 Å². The number of nitrogens with one attached hydrogen (secondary N) is 1. The molecule has 1 N–H and O–H groups in total. The Hall–Kier alpha value is -2.76. The number of piperazine rings is 1. The summed E-state index contributed by atoms with van der Waals surface area (Å²) in [7, 11) is -3.68. The highest BCUT2D eigenvalue weighted by molar-refractivity contribution is 7.89. The number of rotatable bonds is 5. The fourth-order valence-corrected chi connectivity index (χ4v) is 4.66. The van der Waals surface area contributed by atoms with Gasteiger partial charge in [-0.3, -0.25) is 14.7 Å². The number of oxazole rings is 1. The van der Waals surface area contributed by atoms with E-state index in [9.17, 15) is 18.0 Å². The van der Waals surface area contributed by atoms with Gasteiger partial charge in [-0.05, 0) is 18.2 Å². The number of aromatic nitrogens is 3. The van der Waals surface area contributed by atoms with Crippen LogP contribution in [0.2, 0.25) is 0 Å². The second kappa shape index (κ2) is 7.34. The molecule has 0 amide bonds. The van der Waals surface area contributed by atoms with Gasteiger partial charge in [-0.25, -0.2) is 17.9 Å². The Morgan fingerprint density at radius 1 is 1.07 bits per heavy atom. The standard InChI is InChI=1S/C17H19N5O5S/c23-16-2-1-5-18-22(16)11-8-20-6-9-21(10-7-20)28(25,26)13-3-4-14-15(12-13)27-17(24)19-14/h1-5,12H,6-11H2,(H,19,24). The molecular formula is C17H19N5O5S. The van der Waals surface area contributed by atoms with E-state index in [1.807, 2.05) is 0 Å². The van der Waals surface area contributed by atoms with E-state index in [0.29, 0.717) is 44.8 Å². The first-order chi connectivity index (χ1) is 13.4. The average molecular weight is 405 g/mol. The Balaban J connectivity index is 1.41. The van der Waals surface area contributed by atoms with E-state index in [1.165, 1.54) is 33.3 Å². The van der Waals surface area contributed by atoms with Crippen LogP contribution in [0, 0.1) is 0 Å². The molecule has 1 fully saturated rings. The molecule has 3 aromatic rings. The van der Waals surface area contributed by atoms with E-state index in [-0.39, 0.29) is 16.0 Å². The van der Waals surface area contributed by atoms with E-state index in [1.54, 1.807) is 12.3 Å². The van der Waals surface area contributed by atoms with Gasteiger partial charge >= 0.3 is 5.76 Å². The molecule has 0 radical (unpaired) electrons. The minimum Gasteiger partial charge on any atom is -0.408 e. The van der Waals surface area contributed by atoms with Gasteiger partial charge in [-0.1, -0.05) is 0 Å². The van der Waals surface area contributed by atoms with Gasteiger partial charge in [-0.15, -0.1) is 0 Å². The smallest absolute Gasteiger partial charge is 0.408 e. The van der Waals surface area contributed by atoms with Gasteiger partial charge in [0.05, 0.1) is 17.0 Å². The number of fused-ring (bicyclic) bond motifs is 1. The summed E-state index contributed by atoms with van der Waals surface area (Å²) in [5.74, 6) is -0.620. The molecule has 1 aliphatic heterocycles. The fraction of sp³-hybridized carbons (Fsp3) is 0.353. The average Bonchev–Trinajstić information content (AvgIpc) is 3.07. The third kappa shape index (κ3) is 3.63.